The SMILES string of the molecule is C=C(C[SiH3])C([O])=O. The van der Waals surface area contributed by atoms with E-state index >= 15 is 0 Å². The average Bonchev–Trinajstić information content (AvgIpc) is 1.65. The van der Waals surface area contributed by atoms with Crippen LogP contribution in [0.3, 0.4) is 0 Å². The smallest absolute Gasteiger partial charge is 0.242 e. The molecule has 7 heavy (non-hydrogen) atoms. The molecule has 0 saturated heterocycles. The molecule has 3 heteroatoms. The van der Waals surface area contributed by atoms with Crippen LogP contribution in [0, 0.1) is 0 Å². The first kappa shape index (κ1) is 6.43. The molecule has 0 aromatic heterocycles. The molecule has 0 aliphatic rings. The normalized spacial score (nSPS) is 8.57. The van der Waals surface area contributed by atoms with Crippen LogP contribution in [0.1, 0.15) is 0 Å². The lowest BCUT2D eigenvalue weighted by atomic mass is 10.4. The molecule has 2 nitrogen and oxygen atoms in total. The van der Waals surface area contributed by atoms with Crippen molar-refractivity contribution in [3.63, 3.8) is 0 Å². The molecule has 0 saturated carbocycles. The molecule has 0 bridgehead atoms. The van der Waals surface area contributed by atoms with E-state index in [-0.39, 0.29) is 5.57 Å². The third-order valence-corrected chi connectivity index (χ3v) is 1.57. The molecule has 0 aliphatic carbocycles. The molecule has 0 atom stereocenters. The van der Waals surface area contributed by atoms with Gasteiger partial charge in [-0.2, -0.15) is 0 Å². The van der Waals surface area contributed by atoms with Gasteiger partial charge in [-0.25, -0.2) is 9.90 Å². The Morgan fingerprint density at radius 2 is 2.14 bits per heavy atom. The molecule has 1 radical (unpaired) electrons. The summed E-state index contributed by atoms with van der Waals surface area (Å²) in [6.07, 6.45) is 0. The molecule has 0 aromatic carbocycles. The van der Waals surface area contributed by atoms with E-state index in [1.807, 2.05) is 0 Å². The van der Waals surface area contributed by atoms with Gasteiger partial charge in [0.2, 0.25) is 0 Å². The Hall–Kier alpha value is -0.573. The Kier molecular flexibility index (Phi) is 2.36. The van der Waals surface area contributed by atoms with Gasteiger partial charge in [0.05, 0.1) is 0 Å². The van der Waals surface area contributed by atoms with Gasteiger partial charge in [-0.1, -0.05) is 6.58 Å². The average molecular weight is 115 g/mol. The molecule has 0 aromatic rings. The quantitative estimate of drug-likeness (QED) is 0.346. The Balaban J connectivity index is 3.58. The predicted molar refractivity (Wildman–Crippen MR) is 29.6 cm³/mol. The minimum Gasteiger partial charge on any atom is -0.242 e. The zero-order valence-corrected chi connectivity index (χ0v) is 6.23. The predicted octanol–water partition coefficient (Wildman–Crippen LogP) is -0.717. The second kappa shape index (κ2) is 2.57. The maximum Gasteiger partial charge on any atom is 0.381 e. The molecule has 0 amide bonds. The highest BCUT2D eigenvalue weighted by molar-refractivity contribution is 6.13. The van der Waals surface area contributed by atoms with Crippen LogP contribution >= 0.6 is 0 Å². The van der Waals surface area contributed by atoms with Gasteiger partial charge in [-0.15, -0.1) is 0 Å². The molecule has 0 spiro atoms. The van der Waals surface area contributed by atoms with E-state index < -0.39 is 5.97 Å². The van der Waals surface area contributed by atoms with Gasteiger partial charge < -0.3 is 0 Å². The molecule has 39 valence electrons. The molecule has 0 heterocycles. The number of hydrogen-bond donors (Lipinski definition) is 0. The molecule has 0 fully saturated rings. The van der Waals surface area contributed by atoms with Crippen molar-refractivity contribution in [2.75, 3.05) is 0 Å². The van der Waals surface area contributed by atoms with Crippen LogP contribution in [-0.2, 0) is 9.90 Å². The van der Waals surface area contributed by atoms with Crippen molar-refractivity contribution in [1.82, 2.24) is 0 Å². The van der Waals surface area contributed by atoms with Crippen LogP contribution in [-0.4, -0.2) is 16.2 Å². The van der Waals surface area contributed by atoms with E-state index in [1.165, 1.54) is 0 Å². The Morgan fingerprint density at radius 3 is 2.14 bits per heavy atom. The summed E-state index contributed by atoms with van der Waals surface area (Å²) in [5.74, 6) is -1.12. The van der Waals surface area contributed by atoms with Crippen LogP contribution in [0.15, 0.2) is 12.2 Å². The van der Waals surface area contributed by atoms with Crippen LogP contribution in [0.25, 0.3) is 0 Å². The Labute approximate surface area is 45.3 Å². The summed E-state index contributed by atoms with van der Waals surface area (Å²) in [6.45, 7) is 3.25. The molecule has 0 unspecified atom stereocenters. The van der Waals surface area contributed by atoms with Gasteiger partial charge in [0.1, 0.15) is 0 Å². The van der Waals surface area contributed by atoms with E-state index in [9.17, 15) is 9.90 Å². The Bertz CT molecular complexity index is 97.9. The summed E-state index contributed by atoms with van der Waals surface area (Å²) >= 11 is 0. The second-order valence-electron chi connectivity index (χ2n) is 1.24. The highest BCUT2D eigenvalue weighted by Gasteiger charge is 1.99. The number of carbonyl (C=O) groups excluding carboxylic acids is 1. The molecule has 0 aliphatic heterocycles. The second-order valence-corrected chi connectivity index (χ2v) is 1.95. The van der Waals surface area contributed by atoms with Gasteiger partial charge in [0.15, 0.2) is 0 Å². The summed E-state index contributed by atoms with van der Waals surface area (Å²) in [4.78, 5) is 9.74. The lowest BCUT2D eigenvalue weighted by Crippen LogP contribution is -1.94. The zero-order valence-electron chi connectivity index (χ0n) is 4.23. The van der Waals surface area contributed by atoms with Crippen LogP contribution in [0.4, 0.5) is 0 Å². The monoisotopic (exact) mass is 115 g/mol. The minimum atomic E-state index is -1.12. The topological polar surface area (TPSA) is 37.0 Å². The van der Waals surface area contributed by atoms with Crippen molar-refractivity contribution in [3.05, 3.63) is 12.2 Å². The summed E-state index contributed by atoms with van der Waals surface area (Å²) in [7, 11) is 0.850. The lowest BCUT2D eigenvalue weighted by molar-refractivity contribution is -0.138. The fraction of sp³-hybridized carbons (Fsp3) is 0.250. The number of hydrogen-bond acceptors (Lipinski definition) is 1. The van der Waals surface area contributed by atoms with E-state index in [4.69, 9.17) is 0 Å². The van der Waals surface area contributed by atoms with Gasteiger partial charge >= 0.3 is 5.97 Å². The summed E-state index contributed by atoms with van der Waals surface area (Å²) in [6, 6.07) is 0.600. The van der Waals surface area contributed by atoms with Gasteiger partial charge in [-0.05, 0) is 6.04 Å². The van der Waals surface area contributed by atoms with Crippen molar-refractivity contribution in [2.24, 2.45) is 0 Å². The van der Waals surface area contributed by atoms with E-state index in [0.717, 1.165) is 10.2 Å². The molecular formula is C4H7O2Si. The largest absolute Gasteiger partial charge is 0.381 e. The van der Waals surface area contributed by atoms with E-state index in [1.54, 1.807) is 0 Å². The number of rotatable bonds is 2. The first-order chi connectivity index (χ1) is 3.18. The first-order valence-electron chi connectivity index (χ1n) is 2.07. The maximum atomic E-state index is 9.74. The zero-order chi connectivity index (χ0) is 5.86. The summed E-state index contributed by atoms with van der Waals surface area (Å²) in [5.41, 5.74) is 0.215. The third-order valence-electron chi connectivity index (χ3n) is 0.715. The maximum absolute atomic E-state index is 9.74. The highest BCUT2D eigenvalue weighted by atomic mass is 28.1. The highest BCUT2D eigenvalue weighted by Crippen LogP contribution is 1.92. The lowest BCUT2D eigenvalue weighted by Gasteiger charge is -1.83. The summed E-state index contributed by atoms with van der Waals surface area (Å²) < 4.78 is 0. The van der Waals surface area contributed by atoms with Crippen molar-refractivity contribution >= 4 is 16.2 Å². The van der Waals surface area contributed by atoms with Crippen molar-refractivity contribution < 1.29 is 9.90 Å². The molecular weight excluding hydrogens is 108 g/mol. The van der Waals surface area contributed by atoms with Crippen LogP contribution in [0.5, 0.6) is 0 Å². The third kappa shape index (κ3) is 2.16. The molecule has 0 N–H and O–H groups in total. The minimum absolute atomic E-state index is 0.215. The fourth-order valence-corrected chi connectivity index (χ4v) is 0.433. The van der Waals surface area contributed by atoms with E-state index in [2.05, 4.69) is 6.58 Å². The van der Waals surface area contributed by atoms with Crippen molar-refractivity contribution in [1.29, 1.82) is 0 Å². The van der Waals surface area contributed by atoms with Gasteiger partial charge in [0.25, 0.3) is 0 Å². The fourth-order valence-electron chi connectivity index (χ4n) is 0.144. The standard InChI is InChI=1S/C4H7O2Si/c1-3(2-7)4(5)6/h1-2H2,7H3. The van der Waals surface area contributed by atoms with Crippen LogP contribution < -0.4 is 0 Å². The number of carbonyl (C=O) groups is 1. The molecule has 0 rings (SSSR count). The van der Waals surface area contributed by atoms with Crippen molar-refractivity contribution in [3.8, 4) is 0 Å². The van der Waals surface area contributed by atoms with Gasteiger partial charge in [-0.3, -0.25) is 0 Å². The summed E-state index contributed by atoms with van der Waals surface area (Å²) in [5, 5.41) is 9.74. The van der Waals surface area contributed by atoms with Gasteiger partial charge in [0, 0.05) is 15.8 Å². The van der Waals surface area contributed by atoms with Crippen LogP contribution in [0.2, 0.25) is 6.04 Å². The Morgan fingerprint density at radius 1 is 1.71 bits per heavy atom. The van der Waals surface area contributed by atoms with E-state index in [0.29, 0.717) is 6.04 Å². The van der Waals surface area contributed by atoms with Crippen molar-refractivity contribution in [2.45, 2.75) is 6.04 Å². The first-order valence-corrected chi connectivity index (χ1v) is 3.49.